The summed E-state index contributed by atoms with van der Waals surface area (Å²) in [4.78, 5) is 3.64. The van der Waals surface area contributed by atoms with E-state index in [4.69, 9.17) is 4.74 Å². The van der Waals surface area contributed by atoms with Crippen molar-refractivity contribution in [3.05, 3.63) is 18.2 Å². The Hall–Kier alpha value is -1.36. The Morgan fingerprint density at radius 1 is 1.69 bits per heavy atom. The van der Waals surface area contributed by atoms with Crippen LogP contribution in [0, 0.1) is 5.95 Å². The second kappa shape index (κ2) is 5.12. The molecule has 1 saturated heterocycles. The first kappa shape index (κ1) is 11.1. The Morgan fingerprint density at radius 3 is 3.12 bits per heavy atom. The molecule has 1 aliphatic heterocycles. The predicted molar refractivity (Wildman–Crippen MR) is 60.3 cm³/mol. The molecule has 1 aliphatic rings. The smallest absolute Gasteiger partial charge is 0.236 e. The molecular weight excluding hydrogens is 209 g/mol. The van der Waals surface area contributed by atoms with E-state index in [1.807, 2.05) is 6.92 Å². The fraction of sp³-hybridized carbons (Fsp3) is 0.545. The molecule has 0 aromatic carbocycles. The maximum atomic E-state index is 13.2. The Balaban J connectivity index is 1.94. The molecule has 16 heavy (non-hydrogen) atoms. The van der Waals surface area contributed by atoms with Gasteiger partial charge in [-0.05, 0) is 19.9 Å². The van der Waals surface area contributed by atoms with Crippen molar-refractivity contribution < 1.29 is 9.13 Å². The molecular formula is C11H16FN3O. The summed E-state index contributed by atoms with van der Waals surface area (Å²) in [7, 11) is 0. The van der Waals surface area contributed by atoms with Crippen molar-refractivity contribution >= 4 is 5.69 Å². The van der Waals surface area contributed by atoms with E-state index in [-0.39, 0.29) is 0 Å². The molecule has 2 heterocycles. The van der Waals surface area contributed by atoms with Crippen molar-refractivity contribution in [3.63, 3.8) is 0 Å². The molecule has 0 saturated carbocycles. The lowest BCUT2D eigenvalue weighted by Crippen LogP contribution is -2.46. The molecule has 2 N–H and O–H groups in total. The Kier molecular flexibility index (Phi) is 3.56. The lowest BCUT2D eigenvalue weighted by Gasteiger charge is -2.27. The van der Waals surface area contributed by atoms with Crippen molar-refractivity contribution in [2.45, 2.75) is 19.4 Å². The van der Waals surface area contributed by atoms with Crippen LogP contribution in [0.3, 0.4) is 0 Å². The first-order valence-electron chi connectivity index (χ1n) is 5.55. The monoisotopic (exact) mass is 225 g/mol. The number of anilines is 1. The molecule has 4 nitrogen and oxygen atoms in total. The third kappa shape index (κ3) is 2.61. The SMILES string of the molecule is CCNc1cc(OCC2CCN2)cnc1F. The average molecular weight is 225 g/mol. The highest BCUT2D eigenvalue weighted by atomic mass is 19.1. The third-order valence-electron chi connectivity index (χ3n) is 2.56. The van der Waals surface area contributed by atoms with E-state index < -0.39 is 5.95 Å². The second-order valence-corrected chi connectivity index (χ2v) is 3.79. The van der Waals surface area contributed by atoms with E-state index in [1.54, 1.807) is 6.07 Å². The number of halogens is 1. The van der Waals surface area contributed by atoms with Crippen LogP contribution in [0.25, 0.3) is 0 Å². The predicted octanol–water partition coefficient (Wildman–Crippen LogP) is 1.39. The van der Waals surface area contributed by atoms with Gasteiger partial charge in [0.25, 0.3) is 0 Å². The number of hydrogen-bond donors (Lipinski definition) is 2. The molecule has 2 rings (SSSR count). The van der Waals surface area contributed by atoms with Gasteiger partial charge in [0.1, 0.15) is 12.4 Å². The summed E-state index contributed by atoms with van der Waals surface area (Å²) < 4.78 is 18.7. The van der Waals surface area contributed by atoms with Crippen molar-refractivity contribution in [1.82, 2.24) is 10.3 Å². The fourth-order valence-corrected chi connectivity index (χ4v) is 1.51. The highest BCUT2D eigenvalue weighted by Gasteiger charge is 2.16. The van der Waals surface area contributed by atoms with Crippen LogP contribution < -0.4 is 15.4 Å². The van der Waals surface area contributed by atoms with Gasteiger partial charge in [0.15, 0.2) is 0 Å². The van der Waals surface area contributed by atoms with Gasteiger partial charge in [0, 0.05) is 18.7 Å². The molecule has 0 spiro atoms. The summed E-state index contributed by atoms with van der Waals surface area (Å²) in [6.07, 6.45) is 2.55. The van der Waals surface area contributed by atoms with E-state index in [9.17, 15) is 4.39 Å². The minimum absolute atomic E-state index is 0.390. The van der Waals surface area contributed by atoms with Crippen molar-refractivity contribution in [3.8, 4) is 5.75 Å². The van der Waals surface area contributed by atoms with Gasteiger partial charge in [-0.1, -0.05) is 0 Å². The maximum Gasteiger partial charge on any atom is 0.236 e. The van der Waals surface area contributed by atoms with Crippen molar-refractivity contribution in [1.29, 1.82) is 0 Å². The molecule has 0 radical (unpaired) electrons. The van der Waals surface area contributed by atoms with Gasteiger partial charge in [0.2, 0.25) is 5.95 Å². The Labute approximate surface area is 94.2 Å². The summed E-state index contributed by atoms with van der Waals surface area (Å²) in [6, 6.07) is 2.07. The summed E-state index contributed by atoms with van der Waals surface area (Å²) in [6.45, 7) is 4.23. The van der Waals surface area contributed by atoms with Gasteiger partial charge >= 0.3 is 0 Å². The van der Waals surface area contributed by atoms with Crippen LogP contribution in [0.15, 0.2) is 12.3 Å². The van der Waals surface area contributed by atoms with Gasteiger partial charge in [-0.25, -0.2) is 4.98 Å². The topological polar surface area (TPSA) is 46.2 Å². The number of ether oxygens (including phenoxy) is 1. The highest BCUT2D eigenvalue weighted by Crippen LogP contribution is 2.19. The number of rotatable bonds is 5. The van der Waals surface area contributed by atoms with Crippen molar-refractivity contribution in [2.75, 3.05) is 25.0 Å². The normalized spacial score (nSPS) is 19.0. The van der Waals surface area contributed by atoms with Crippen LogP contribution in [-0.4, -0.2) is 30.7 Å². The number of nitrogens with zero attached hydrogens (tertiary/aromatic N) is 1. The van der Waals surface area contributed by atoms with Crippen LogP contribution in [0.2, 0.25) is 0 Å². The number of hydrogen-bond acceptors (Lipinski definition) is 4. The van der Waals surface area contributed by atoms with Crippen LogP contribution in [0.5, 0.6) is 5.75 Å². The van der Waals surface area contributed by atoms with E-state index in [1.165, 1.54) is 6.20 Å². The van der Waals surface area contributed by atoms with Gasteiger partial charge in [-0.3, -0.25) is 0 Å². The molecule has 1 atom stereocenters. The summed E-state index contributed by atoms with van der Waals surface area (Å²) >= 11 is 0. The Morgan fingerprint density at radius 2 is 2.50 bits per heavy atom. The first-order chi connectivity index (χ1) is 7.79. The standard InChI is InChI=1S/C11H16FN3O/c1-2-13-10-5-9(6-15-11(10)12)16-7-8-3-4-14-8/h5-6,8,13-14H,2-4,7H2,1H3. The zero-order chi connectivity index (χ0) is 11.4. The maximum absolute atomic E-state index is 13.2. The minimum atomic E-state index is -0.490. The Bertz CT molecular complexity index is 355. The molecule has 1 unspecified atom stereocenters. The summed E-state index contributed by atoms with van der Waals surface area (Å²) in [5.41, 5.74) is 0.390. The van der Waals surface area contributed by atoms with Crippen LogP contribution >= 0.6 is 0 Å². The second-order valence-electron chi connectivity index (χ2n) is 3.79. The minimum Gasteiger partial charge on any atom is -0.490 e. The third-order valence-corrected chi connectivity index (χ3v) is 2.56. The molecule has 0 aliphatic carbocycles. The quantitative estimate of drug-likeness (QED) is 0.743. The first-order valence-corrected chi connectivity index (χ1v) is 5.55. The van der Waals surface area contributed by atoms with E-state index in [0.29, 0.717) is 30.6 Å². The molecule has 5 heteroatoms. The highest BCUT2D eigenvalue weighted by molar-refractivity contribution is 5.46. The van der Waals surface area contributed by atoms with E-state index in [0.717, 1.165) is 13.0 Å². The summed E-state index contributed by atoms with van der Waals surface area (Å²) in [5.74, 6) is 0.113. The van der Waals surface area contributed by atoms with Crippen LogP contribution in [-0.2, 0) is 0 Å². The molecule has 0 amide bonds. The molecule has 1 aromatic rings. The lowest BCUT2D eigenvalue weighted by atomic mass is 10.1. The molecule has 1 fully saturated rings. The summed E-state index contributed by atoms with van der Waals surface area (Å²) in [5, 5.41) is 6.13. The zero-order valence-corrected chi connectivity index (χ0v) is 9.29. The van der Waals surface area contributed by atoms with Gasteiger partial charge in [0.05, 0.1) is 11.9 Å². The molecule has 0 bridgehead atoms. The zero-order valence-electron chi connectivity index (χ0n) is 9.29. The van der Waals surface area contributed by atoms with Crippen LogP contribution in [0.4, 0.5) is 10.1 Å². The van der Waals surface area contributed by atoms with E-state index >= 15 is 0 Å². The average Bonchev–Trinajstić information content (AvgIpc) is 2.21. The lowest BCUT2D eigenvalue weighted by molar-refractivity contribution is 0.216. The molecule has 1 aromatic heterocycles. The van der Waals surface area contributed by atoms with Gasteiger partial charge < -0.3 is 15.4 Å². The fourth-order valence-electron chi connectivity index (χ4n) is 1.51. The molecule has 88 valence electrons. The van der Waals surface area contributed by atoms with Crippen LogP contribution in [0.1, 0.15) is 13.3 Å². The van der Waals surface area contributed by atoms with Gasteiger partial charge in [-0.2, -0.15) is 4.39 Å². The van der Waals surface area contributed by atoms with Crippen molar-refractivity contribution in [2.24, 2.45) is 0 Å². The van der Waals surface area contributed by atoms with Gasteiger partial charge in [-0.15, -0.1) is 0 Å². The number of aromatic nitrogens is 1. The largest absolute Gasteiger partial charge is 0.490 e. The number of pyridine rings is 1. The number of nitrogens with one attached hydrogen (secondary N) is 2. The van der Waals surface area contributed by atoms with E-state index in [2.05, 4.69) is 15.6 Å².